The zero-order valence-corrected chi connectivity index (χ0v) is 39.7. The van der Waals surface area contributed by atoms with Crippen LogP contribution in [0.5, 0.6) is 51.7 Å². The summed E-state index contributed by atoms with van der Waals surface area (Å²) >= 11 is 0. The lowest BCUT2D eigenvalue weighted by Crippen LogP contribution is -2.23. The smallest absolute Gasteiger partial charge is 0.343 e. The van der Waals surface area contributed by atoms with Crippen molar-refractivity contribution in [3.05, 3.63) is 221 Å². The molecule has 0 unspecified atom stereocenters. The summed E-state index contributed by atoms with van der Waals surface area (Å²) in [5, 5.41) is 0. The standard InChI is InChI=1S/C59H42O15/c1-35-10-12-37(13-11-35)54(60)69-44-26-16-39(17-27-44)56(62)71-46-30-20-41(21-31-46)58(64)73-50-8-4-6-48-52(50)53-49(68-36(2)34-67-48)7-5-9-51(53)74-59(65)42-22-32-47(33-23-42)72-57(63)40-18-28-45(29-19-40)70-55(61)38-14-24-43(66-3)25-15-38/h4-33,36H,34H2,1-3H3/t36-/m1/s1. The molecule has 1 aliphatic heterocycles. The van der Waals surface area contributed by atoms with Crippen LogP contribution < -0.4 is 42.6 Å². The third-order valence-corrected chi connectivity index (χ3v) is 11.2. The van der Waals surface area contributed by atoms with Crippen LogP contribution in [0.4, 0.5) is 0 Å². The quantitative estimate of drug-likeness (QED) is 0.0784. The minimum Gasteiger partial charge on any atom is -0.497 e. The van der Waals surface area contributed by atoms with Gasteiger partial charge in [0, 0.05) is 0 Å². The fraction of sp³-hybridized carbons (Fsp3) is 0.0847. The van der Waals surface area contributed by atoms with Crippen LogP contribution >= 0.6 is 0 Å². The van der Waals surface area contributed by atoms with Gasteiger partial charge in [0.2, 0.25) is 0 Å². The lowest BCUT2D eigenvalue weighted by Gasteiger charge is -2.26. The molecule has 1 aliphatic rings. The van der Waals surface area contributed by atoms with E-state index in [0.717, 1.165) is 5.56 Å². The molecule has 15 heteroatoms. The topological polar surface area (TPSA) is 185 Å². The number of rotatable bonds is 13. The van der Waals surface area contributed by atoms with Crippen LogP contribution in [0.3, 0.4) is 0 Å². The van der Waals surface area contributed by atoms with Gasteiger partial charge < -0.3 is 42.6 Å². The first-order valence-electron chi connectivity index (χ1n) is 22.9. The number of carbonyl (C=O) groups is 6. The van der Waals surface area contributed by atoms with Gasteiger partial charge in [0.05, 0.1) is 51.6 Å². The second kappa shape index (κ2) is 22.0. The Kier molecular flexibility index (Phi) is 14.5. The summed E-state index contributed by atoms with van der Waals surface area (Å²) in [6, 6.07) is 46.4. The fourth-order valence-electron chi connectivity index (χ4n) is 7.40. The normalized spacial score (nSPS) is 12.3. The third kappa shape index (κ3) is 11.6. The first-order chi connectivity index (χ1) is 35.9. The number of fused-ring (bicyclic) bond motifs is 3. The molecule has 0 bridgehead atoms. The van der Waals surface area contributed by atoms with Crippen LogP contribution in [0.2, 0.25) is 0 Å². The minimum absolute atomic E-state index is 0.0626. The number of hydrogen-bond donors (Lipinski definition) is 0. The Labute approximate surface area is 423 Å². The Morgan fingerprint density at radius 2 is 0.676 bits per heavy atom. The molecule has 0 N–H and O–H groups in total. The van der Waals surface area contributed by atoms with E-state index in [1.54, 1.807) is 84.9 Å². The Morgan fingerprint density at radius 3 is 1.03 bits per heavy atom. The maximum Gasteiger partial charge on any atom is 0.343 e. The molecule has 0 radical (unpaired) electrons. The predicted octanol–water partition coefficient (Wildman–Crippen LogP) is 11.1. The van der Waals surface area contributed by atoms with Crippen LogP contribution in [0, 0.1) is 6.92 Å². The molecule has 0 saturated heterocycles. The Bertz CT molecular complexity index is 3380. The molecular weight excluding hydrogens is 949 g/mol. The predicted molar refractivity (Wildman–Crippen MR) is 267 cm³/mol. The summed E-state index contributed by atoms with van der Waals surface area (Å²) in [6.45, 7) is 3.87. The zero-order valence-electron chi connectivity index (χ0n) is 39.7. The maximum atomic E-state index is 13.8. The molecule has 0 spiro atoms. The molecule has 1 atom stereocenters. The van der Waals surface area contributed by atoms with E-state index in [9.17, 15) is 28.8 Å². The van der Waals surface area contributed by atoms with Crippen molar-refractivity contribution in [3.63, 3.8) is 0 Å². The van der Waals surface area contributed by atoms with Crippen molar-refractivity contribution in [1.29, 1.82) is 0 Å². The van der Waals surface area contributed by atoms with Crippen molar-refractivity contribution < 1.29 is 71.4 Å². The van der Waals surface area contributed by atoms with Gasteiger partial charge in [-0.25, -0.2) is 28.8 Å². The molecule has 0 saturated carbocycles. The minimum atomic E-state index is -0.764. The van der Waals surface area contributed by atoms with E-state index in [2.05, 4.69) is 0 Å². The van der Waals surface area contributed by atoms with Crippen molar-refractivity contribution in [3.8, 4) is 62.9 Å². The summed E-state index contributed by atoms with van der Waals surface area (Å²) in [6.07, 6.45) is -0.434. The van der Waals surface area contributed by atoms with Crippen LogP contribution in [-0.2, 0) is 0 Å². The molecule has 0 fully saturated rings. The molecule has 9 rings (SSSR count). The number of carbonyl (C=O) groups excluding carboxylic acids is 6. The second-order valence-electron chi connectivity index (χ2n) is 16.5. The molecule has 0 aliphatic carbocycles. The van der Waals surface area contributed by atoms with E-state index < -0.39 is 41.9 Å². The van der Waals surface area contributed by atoms with Crippen molar-refractivity contribution in [2.45, 2.75) is 20.0 Å². The Hall–Kier alpha value is -10.0. The number of methoxy groups -OCH3 is 1. The molecule has 8 aromatic carbocycles. The van der Waals surface area contributed by atoms with Crippen molar-refractivity contribution in [2.75, 3.05) is 13.7 Å². The van der Waals surface area contributed by atoms with Gasteiger partial charge in [0.15, 0.2) is 0 Å². The maximum absolute atomic E-state index is 13.8. The second-order valence-corrected chi connectivity index (χ2v) is 16.5. The van der Waals surface area contributed by atoms with E-state index in [0.29, 0.717) is 28.4 Å². The van der Waals surface area contributed by atoms with E-state index in [1.165, 1.54) is 104 Å². The van der Waals surface area contributed by atoms with Crippen LogP contribution in [0.15, 0.2) is 182 Å². The van der Waals surface area contributed by atoms with Crippen molar-refractivity contribution in [2.24, 2.45) is 0 Å². The van der Waals surface area contributed by atoms with Gasteiger partial charge in [-0.05, 0) is 172 Å². The average molecular weight is 991 g/mol. The van der Waals surface area contributed by atoms with Crippen molar-refractivity contribution in [1.82, 2.24) is 0 Å². The largest absolute Gasteiger partial charge is 0.497 e. The fourth-order valence-corrected chi connectivity index (χ4v) is 7.40. The van der Waals surface area contributed by atoms with Gasteiger partial charge >= 0.3 is 35.8 Å². The average Bonchev–Trinajstić information content (AvgIpc) is 3.41. The number of esters is 6. The van der Waals surface area contributed by atoms with Gasteiger partial charge in [-0.15, -0.1) is 0 Å². The van der Waals surface area contributed by atoms with Gasteiger partial charge in [-0.3, -0.25) is 0 Å². The van der Waals surface area contributed by atoms with Crippen molar-refractivity contribution >= 4 is 35.8 Å². The third-order valence-electron chi connectivity index (χ3n) is 11.2. The molecule has 74 heavy (non-hydrogen) atoms. The monoisotopic (exact) mass is 990 g/mol. The number of hydrogen-bond acceptors (Lipinski definition) is 15. The molecule has 15 nitrogen and oxygen atoms in total. The van der Waals surface area contributed by atoms with Crippen LogP contribution in [0.1, 0.15) is 74.6 Å². The first kappa shape index (κ1) is 49.0. The Balaban J connectivity index is 0.846. The van der Waals surface area contributed by atoms with Crippen LogP contribution in [-0.4, -0.2) is 55.6 Å². The van der Waals surface area contributed by atoms with E-state index in [1.807, 2.05) is 13.8 Å². The van der Waals surface area contributed by atoms with Gasteiger partial charge in [-0.1, -0.05) is 29.8 Å². The molecule has 0 aromatic heterocycles. The van der Waals surface area contributed by atoms with Gasteiger partial charge in [0.1, 0.15) is 64.5 Å². The summed E-state index contributed by atoms with van der Waals surface area (Å²) in [4.78, 5) is 78.6. The number of ether oxygens (including phenoxy) is 9. The SMILES string of the molecule is COc1ccc(C(=O)Oc2ccc(C(=O)Oc3ccc(C(=O)Oc4cccc5c4-c4c(cccc4OC(=O)c4ccc(OC(=O)c6ccc(OC(=O)c7ccc(C)cc7)cc6)cc4)OC[C@@H](C)O5)cc3)cc2)cc1. The summed E-state index contributed by atoms with van der Waals surface area (Å²) < 4.78 is 51.4. The van der Waals surface area contributed by atoms with E-state index in [4.69, 9.17) is 42.6 Å². The molecule has 1 heterocycles. The molecule has 0 amide bonds. The highest BCUT2D eigenvalue weighted by molar-refractivity contribution is 5.98. The van der Waals surface area contributed by atoms with Gasteiger partial charge in [-0.2, -0.15) is 0 Å². The zero-order chi connectivity index (χ0) is 51.7. The molecule has 368 valence electrons. The molecular formula is C59H42O15. The van der Waals surface area contributed by atoms with Gasteiger partial charge in [0.25, 0.3) is 0 Å². The first-order valence-corrected chi connectivity index (χ1v) is 22.9. The highest BCUT2D eigenvalue weighted by Crippen LogP contribution is 2.49. The highest BCUT2D eigenvalue weighted by Gasteiger charge is 2.28. The summed E-state index contributed by atoms with van der Waals surface area (Å²) in [7, 11) is 1.52. The summed E-state index contributed by atoms with van der Waals surface area (Å²) in [5.74, 6) is -1.89. The Morgan fingerprint density at radius 1 is 0.378 bits per heavy atom. The van der Waals surface area contributed by atoms with E-state index >= 15 is 0 Å². The number of benzene rings is 8. The lowest BCUT2D eigenvalue weighted by atomic mass is 10.00. The highest BCUT2D eigenvalue weighted by atomic mass is 16.6. The lowest BCUT2D eigenvalue weighted by molar-refractivity contribution is 0.0716. The summed E-state index contributed by atoms with van der Waals surface area (Å²) in [5.41, 5.74) is 2.88. The number of aryl methyl sites for hydroxylation is 1. The van der Waals surface area contributed by atoms with E-state index in [-0.39, 0.29) is 74.5 Å². The molecule has 8 aromatic rings. The van der Waals surface area contributed by atoms with Crippen LogP contribution in [0.25, 0.3) is 11.1 Å².